The Balaban J connectivity index is 2.34. The summed E-state index contributed by atoms with van der Waals surface area (Å²) in [6, 6.07) is 0. The predicted octanol–water partition coefficient (Wildman–Crippen LogP) is 5.11. The Kier molecular flexibility index (Phi) is 3.07. The van der Waals surface area contributed by atoms with Gasteiger partial charge in [-0.25, -0.2) is 0 Å². The van der Waals surface area contributed by atoms with Crippen molar-refractivity contribution in [3.05, 3.63) is 44.8 Å². The number of hydrogen-bond donors (Lipinski definition) is 0. The van der Waals surface area contributed by atoms with Gasteiger partial charge in [-0.2, -0.15) is 0 Å². The van der Waals surface area contributed by atoms with E-state index >= 15 is 0 Å². The van der Waals surface area contributed by atoms with E-state index < -0.39 is 8.07 Å². The molecule has 92 valence electrons. The molecule has 0 aromatic rings. The highest BCUT2D eigenvalue weighted by molar-refractivity contribution is 6.91. The van der Waals surface area contributed by atoms with Gasteiger partial charge in [0.25, 0.3) is 0 Å². The van der Waals surface area contributed by atoms with E-state index in [1.54, 1.807) is 32.7 Å². The second kappa shape index (κ2) is 4.13. The Hall–Kier alpha value is -0.823. The molecule has 0 fully saturated rings. The third-order valence-corrected chi connectivity index (χ3v) is 8.46. The highest BCUT2D eigenvalue weighted by Gasteiger charge is 2.35. The first kappa shape index (κ1) is 12.6. The molecule has 0 aliphatic heterocycles. The van der Waals surface area contributed by atoms with Gasteiger partial charge in [-0.05, 0) is 40.5 Å². The van der Waals surface area contributed by atoms with Crippen LogP contribution in [0.5, 0.6) is 0 Å². The van der Waals surface area contributed by atoms with Crippen LogP contribution in [-0.4, -0.2) is 8.07 Å². The zero-order valence-electron chi connectivity index (χ0n) is 12.1. The Bertz CT molecular complexity index is 438. The van der Waals surface area contributed by atoms with E-state index in [-0.39, 0.29) is 0 Å². The predicted molar refractivity (Wildman–Crippen MR) is 79.6 cm³/mol. The van der Waals surface area contributed by atoms with E-state index in [0.717, 1.165) is 0 Å². The third-order valence-electron chi connectivity index (χ3n) is 4.30. The van der Waals surface area contributed by atoms with Gasteiger partial charge >= 0.3 is 0 Å². The summed E-state index contributed by atoms with van der Waals surface area (Å²) in [6.07, 6.45) is 7.21. The summed E-state index contributed by atoms with van der Waals surface area (Å²) in [5, 5.41) is 3.51. The van der Waals surface area contributed by atoms with Crippen LogP contribution < -0.4 is 0 Å². The maximum Gasteiger partial charge on any atom is 0.104 e. The summed E-state index contributed by atoms with van der Waals surface area (Å²) < 4.78 is 0. The summed E-state index contributed by atoms with van der Waals surface area (Å²) in [4.78, 5) is 0. The highest BCUT2D eigenvalue weighted by atomic mass is 28.3. The number of allylic oxidation sites excluding steroid dienone is 8. The smallest absolute Gasteiger partial charge is 0.0696 e. The molecule has 0 heterocycles. The van der Waals surface area contributed by atoms with Gasteiger partial charge in [0.05, 0.1) is 0 Å². The van der Waals surface area contributed by atoms with Crippen molar-refractivity contribution in [1.82, 2.24) is 0 Å². The topological polar surface area (TPSA) is 0 Å². The van der Waals surface area contributed by atoms with Crippen LogP contribution in [0, 0.1) is 0 Å². The zero-order chi connectivity index (χ0) is 12.8. The summed E-state index contributed by atoms with van der Waals surface area (Å²) in [5.74, 6) is 0. The Morgan fingerprint density at radius 3 is 1.35 bits per heavy atom. The molecule has 0 saturated heterocycles. The molecule has 0 bridgehead atoms. The van der Waals surface area contributed by atoms with E-state index in [1.807, 2.05) is 0 Å². The zero-order valence-corrected chi connectivity index (χ0v) is 13.1. The maximum atomic E-state index is 2.53. The van der Waals surface area contributed by atoms with E-state index in [1.165, 1.54) is 12.8 Å². The van der Waals surface area contributed by atoms with Crippen LogP contribution in [0.25, 0.3) is 0 Å². The van der Waals surface area contributed by atoms with Gasteiger partial charge < -0.3 is 0 Å². The van der Waals surface area contributed by atoms with Crippen LogP contribution in [0.4, 0.5) is 0 Å². The maximum absolute atomic E-state index is 2.53. The molecular weight excluding hydrogens is 220 g/mol. The van der Waals surface area contributed by atoms with Gasteiger partial charge in [0.2, 0.25) is 0 Å². The number of rotatable bonds is 2. The van der Waals surface area contributed by atoms with E-state index in [9.17, 15) is 0 Å². The van der Waals surface area contributed by atoms with Crippen molar-refractivity contribution in [1.29, 1.82) is 0 Å². The quantitative estimate of drug-likeness (QED) is 0.592. The largest absolute Gasteiger partial charge is 0.104 e. The second-order valence-corrected chi connectivity index (χ2v) is 10.7. The standard InChI is InChI=1S/C16H24Si/c1-11-7-13(3)15(9-11)17(5,6)16-10-12(2)8-14(16)4/h7-8H,9-10H2,1-6H3. The first-order chi connectivity index (χ1) is 7.82. The minimum absolute atomic E-state index is 1.22. The first-order valence-corrected chi connectivity index (χ1v) is 9.57. The van der Waals surface area contributed by atoms with Crippen LogP contribution in [0.1, 0.15) is 40.5 Å². The van der Waals surface area contributed by atoms with E-state index in [4.69, 9.17) is 0 Å². The fourth-order valence-corrected chi connectivity index (χ4v) is 7.38. The van der Waals surface area contributed by atoms with Crippen LogP contribution >= 0.6 is 0 Å². The second-order valence-electron chi connectivity index (χ2n) is 6.28. The van der Waals surface area contributed by atoms with Crippen molar-refractivity contribution < 1.29 is 0 Å². The highest BCUT2D eigenvalue weighted by Crippen LogP contribution is 2.41. The van der Waals surface area contributed by atoms with Crippen molar-refractivity contribution in [2.24, 2.45) is 0 Å². The molecule has 1 heteroatoms. The molecule has 17 heavy (non-hydrogen) atoms. The lowest BCUT2D eigenvalue weighted by Gasteiger charge is -2.29. The molecule has 0 spiro atoms. The molecule has 0 aromatic heterocycles. The minimum atomic E-state index is -1.39. The minimum Gasteiger partial charge on any atom is -0.0696 e. The molecule has 0 saturated carbocycles. The average Bonchev–Trinajstić information content (AvgIpc) is 2.70. The molecule has 0 aromatic carbocycles. The summed E-state index contributed by atoms with van der Waals surface area (Å²) in [6.45, 7) is 14.2. The van der Waals surface area contributed by atoms with Gasteiger partial charge in [-0.15, -0.1) is 0 Å². The van der Waals surface area contributed by atoms with Crippen LogP contribution in [-0.2, 0) is 0 Å². The SMILES string of the molecule is CC1=CC(C)=C([Si](C)(C)C2=C(C)C=C(C)C2)C1. The molecule has 2 rings (SSSR count). The molecule has 0 unspecified atom stereocenters. The average molecular weight is 244 g/mol. The van der Waals surface area contributed by atoms with Crippen LogP contribution in [0.15, 0.2) is 44.8 Å². The lowest BCUT2D eigenvalue weighted by molar-refractivity contribution is 1.17. The summed E-state index contributed by atoms with van der Waals surface area (Å²) >= 11 is 0. The van der Waals surface area contributed by atoms with Crippen molar-refractivity contribution in [2.75, 3.05) is 0 Å². The van der Waals surface area contributed by atoms with Gasteiger partial charge in [-0.1, -0.05) is 57.9 Å². The normalized spacial score (nSPS) is 21.3. The Morgan fingerprint density at radius 1 is 0.765 bits per heavy atom. The Morgan fingerprint density at radius 2 is 1.12 bits per heavy atom. The van der Waals surface area contributed by atoms with Gasteiger partial charge in [0.1, 0.15) is 8.07 Å². The fraction of sp³-hybridized carbons (Fsp3) is 0.500. The van der Waals surface area contributed by atoms with Crippen LogP contribution in [0.3, 0.4) is 0 Å². The first-order valence-electron chi connectivity index (χ1n) is 6.57. The molecule has 0 amide bonds. The number of hydrogen-bond acceptors (Lipinski definition) is 0. The van der Waals surface area contributed by atoms with Crippen LogP contribution in [0.2, 0.25) is 13.1 Å². The van der Waals surface area contributed by atoms with Crippen molar-refractivity contribution >= 4 is 8.07 Å². The molecule has 0 atom stereocenters. The van der Waals surface area contributed by atoms with E-state index in [0.29, 0.717) is 0 Å². The van der Waals surface area contributed by atoms with Gasteiger partial charge in [0.15, 0.2) is 0 Å². The summed E-state index contributed by atoms with van der Waals surface area (Å²) in [5.41, 5.74) is 6.17. The summed E-state index contributed by atoms with van der Waals surface area (Å²) in [7, 11) is -1.39. The molecule has 0 nitrogen and oxygen atoms in total. The fourth-order valence-electron chi connectivity index (χ4n) is 3.46. The van der Waals surface area contributed by atoms with Crippen molar-refractivity contribution in [2.45, 2.75) is 53.6 Å². The lowest BCUT2D eigenvalue weighted by Crippen LogP contribution is -2.33. The van der Waals surface area contributed by atoms with E-state index in [2.05, 4.69) is 52.9 Å². The molecule has 0 radical (unpaired) electrons. The molecule has 2 aliphatic carbocycles. The third kappa shape index (κ3) is 2.13. The van der Waals surface area contributed by atoms with Crippen molar-refractivity contribution in [3.63, 3.8) is 0 Å². The van der Waals surface area contributed by atoms with Gasteiger partial charge in [0, 0.05) is 0 Å². The lowest BCUT2D eigenvalue weighted by atomic mass is 10.3. The molecule has 0 N–H and O–H groups in total. The molecular formula is C16H24Si. The molecule has 2 aliphatic rings. The Labute approximate surface area is 107 Å². The van der Waals surface area contributed by atoms with Gasteiger partial charge in [-0.3, -0.25) is 0 Å². The van der Waals surface area contributed by atoms with Crippen molar-refractivity contribution in [3.8, 4) is 0 Å². The monoisotopic (exact) mass is 244 g/mol.